The van der Waals surface area contributed by atoms with Crippen molar-refractivity contribution in [2.45, 2.75) is 52.3 Å². The van der Waals surface area contributed by atoms with Gasteiger partial charge in [-0.3, -0.25) is 9.58 Å². The van der Waals surface area contributed by atoms with Crippen molar-refractivity contribution >= 4 is 11.6 Å². The van der Waals surface area contributed by atoms with Crippen molar-refractivity contribution in [2.75, 3.05) is 26.3 Å². The van der Waals surface area contributed by atoms with Crippen molar-refractivity contribution in [3.8, 4) is 11.5 Å². The van der Waals surface area contributed by atoms with E-state index >= 15 is 0 Å². The first-order valence-electron chi connectivity index (χ1n) is 11.8. The summed E-state index contributed by atoms with van der Waals surface area (Å²) in [5.74, 6) is 1.60. The molecule has 6 nitrogen and oxygen atoms in total. The first-order valence-corrected chi connectivity index (χ1v) is 12.2. The number of likely N-dealkylation sites (tertiary alicyclic amines) is 1. The van der Waals surface area contributed by atoms with Gasteiger partial charge >= 0.3 is 0 Å². The van der Waals surface area contributed by atoms with Crippen LogP contribution in [0.15, 0.2) is 48.8 Å². The number of rotatable bonds is 9. The first-order chi connectivity index (χ1) is 16.3. The van der Waals surface area contributed by atoms with E-state index in [0.717, 1.165) is 65.7 Å². The topological polar surface area (TPSA) is 59.8 Å². The van der Waals surface area contributed by atoms with Gasteiger partial charge < -0.3 is 14.6 Å². The van der Waals surface area contributed by atoms with E-state index in [1.807, 2.05) is 62.1 Å². The van der Waals surface area contributed by atoms with Crippen molar-refractivity contribution in [2.24, 2.45) is 0 Å². The lowest BCUT2D eigenvalue weighted by Crippen LogP contribution is -2.51. The van der Waals surface area contributed by atoms with Gasteiger partial charge in [-0.05, 0) is 86.7 Å². The standard InChI is InChI=1S/C27H34ClN3O3/c1-20-15-29-31(16-20)11-12-33-24-7-5-23(6-8-24)17-30-10-4-9-27(32,18-30)19-34-25-13-21(2)26(28)22(3)14-25/h5-8,13-16,32H,4,9-12,17-19H2,1-3H3. The lowest BCUT2D eigenvalue weighted by atomic mass is 9.93. The van der Waals surface area contributed by atoms with Crippen LogP contribution in [0.25, 0.3) is 0 Å². The second-order valence-electron chi connectivity index (χ2n) is 9.47. The molecule has 0 aliphatic carbocycles. The molecule has 4 rings (SSSR count). The van der Waals surface area contributed by atoms with Crippen LogP contribution in [-0.2, 0) is 13.1 Å². The normalized spacial score (nSPS) is 18.7. The Kier molecular flexibility index (Phi) is 7.81. The molecule has 1 N–H and O–H groups in total. The molecule has 7 heteroatoms. The van der Waals surface area contributed by atoms with Crippen LogP contribution in [0.2, 0.25) is 5.02 Å². The Bertz CT molecular complexity index is 1080. The second-order valence-corrected chi connectivity index (χ2v) is 9.85. The number of halogens is 1. The fraction of sp³-hybridized carbons (Fsp3) is 0.444. The van der Waals surface area contributed by atoms with Gasteiger partial charge in [-0.2, -0.15) is 5.10 Å². The van der Waals surface area contributed by atoms with Gasteiger partial charge in [0.2, 0.25) is 0 Å². The molecule has 1 atom stereocenters. The molecule has 34 heavy (non-hydrogen) atoms. The highest BCUT2D eigenvalue weighted by molar-refractivity contribution is 6.32. The number of nitrogens with zero attached hydrogens (tertiary/aromatic N) is 3. The van der Waals surface area contributed by atoms with Crippen LogP contribution < -0.4 is 9.47 Å². The zero-order valence-electron chi connectivity index (χ0n) is 20.3. The zero-order valence-corrected chi connectivity index (χ0v) is 21.0. The highest BCUT2D eigenvalue weighted by atomic mass is 35.5. The molecular weight excluding hydrogens is 450 g/mol. The first kappa shape index (κ1) is 24.6. The smallest absolute Gasteiger partial charge is 0.120 e. The molecular formula is C27H34ClN3O3. The molecule has 0 spiro atoms. The molecule has 2 heterocycles. The van der Waals surface area contributed by atoms with Gasteiger partial charge in [0.05, 0.1) is 12.7 Å². The Hall–Kier alpha value is -2.54. The van der Waals surface area contributed by atoms with Crippen molar-refractivity contribution in [3.63, 3.8) is 0 Å². The molecule has 1 aliphatic rings. The fourth-order valence-corrected chi connectivity index (χ4v) is 4.57. The van der Waals surface area contributed by atoms with E-state index in [0.29, 0.717) is 13.2 Å². The number of hydrogen-bond acceptors (Lipinski definition) is 5. The van der Waals surface area contributed by atoms with Crippen molar-refractivity contribution in [1.82, 2.24) is 14.7 Å². The molecule has 2 aromatic carbocycles. The van der Waals surface area contributed by atoms with Gasteiger partial charge in [-0.1, -0.05) is 23.7 Å². The maximum atomic E-state index is 11.2. The highest BCUT2D eigenvalue weighted by Crippen LogP contribution is 2.28. The van der Waals surface area contributed by atoms with Gasteiger partial charge in [0.15, 0.2) is 0 Å². The third kappa shape index (κ3) is 6.53. The molecule has 0 amide bonds. The number of hydrogen-bond donors (Lipinski definition) is 1. The summed E-state index contributed by atoms with van der Waals surface area (Å²) in [7, 11) is 0. The van der Waals surface area contributed by atoms with E-state index < -0.39 is 5.60 Å². The van der Waals surface area contributed by atoms with E-state index in [-0.39, 0.29) is 6.61 Å². The average Bonchev–Trinajstić information content (AvgIpc) is 3.22. The number of β-amino-alcohol motifs (C(OH)–C–C–N with tert-alkyl or cyclic N) is 1. The van der Waals surface area contributed by atoms with Crippen LogP contribution in [0.4, 0.5) is 0 Å². The quantitative estimate of drug-likeness (QED) is 0.466. The third-order valence-electron chi connectivity index (χ3n) is 6.23. The molecule has 0 saturated carbocycles. The van der Waals surface area contributed by atoms with Gasteiger partial charge in [0.1, 0.15) is 30.3 Å². The molecule has 3 aromatic rings. The van der Waals surface area contributed by atoms with Crippen LogP contribution in [0.1, 0.15) is 35.1 Å². The van der Waals surface area contributed by atoms with Crippen LogP contribution >= 0.6 is 11.6 Å². The van der Waals surface area contributed by atoms with E-state index in [9.17, 15) is 5.11 Å². The maximum Gasteiger partial charge on any atom is 0.120 e. The summed E-state index contributed by atoms with van der Waals surface area (Å²) in [6, 6.07) is 12.1. The van der Waals surface area contributed by atoms with Gasteiger partial charge in [0, 0.05) is 24.3 Å². The lowest BCUT2D eigenvalue weighted by Gasteiger charge is -2.39. The monoisotopic (exact) mass is 483 g/mol. The van der Waals surface area contributed by atoms with Crippen LogP contribution in [0, 0.1) is 20.8 Å². The van der Waals surface area contributed by atoms with E-state index in [4.69, 9.17) is 21.1 Å². The predicted octanol–water partition coefficient (Wildman–Crippen LogP) is 4.95. The summed E-state index contributed by atoms with van der Waals surface area (Å²) < 4.78 is 13.7. The minimum absolute atomic E-state index is 0.270. The number of ether oxygens (including phenoxy) is 2. The van der Waals surface area contributed by atoms with Crippen molar-refractivity contribution < 1.29 is 14.6 Å². The fourth-order valence-electron chi connectivity index (χ4n) is 4.46. The van der Waals surface area contributed by atoms with E-state index in [2.05, 4.69) is 22.1 Å². The molecule has 0 radical (unpaired) electrons. The maximum absolute atomic E-state index is 11.2. The number of aliphatic hydroxyl groups is 1. The van der Waals surface area contributed by atoms with Crippen LogP contribution in [0.3, 0.4) is 0 Å². The molecule has 182 valence electrons. The van der Waals surface area contributed by atoms with Gasteiger partial charge in [0.25, 0.3) is 0 Å². The Morgan fingerprint density at radius 1 is 1.06 bits per heavy atom. The predicted molar refractivity (Wildman–Crippen MR) is 135 cm³/mol. The molecule has 1 fully saturated rings. The highest BCUT2D eigenvalue weighted by Gasteiger charge is 2.34. The largest absolute Gasteiger partial charge is 0.492 e. The summed E-state index contributed by atoms with van der Waals surface area (Å²) in [4.78, 5) is 2.29. The third-order valence-corrected chi connectivity index (χ3v) is 6.83. The summed E-state index contributed by atoms with van der Waals surface area (Å²) in [6.07, 6.45) is 5.53. The molecule has 1 aromatic heterocycles. The average molecular weight is 484 g/mol. The molecule has 1 unspecified atom stereocenters. The zero-order chi connectivity index (χ0) is 24.1. The van der Waals surface area contributed by atoms with Crippen molar-refractivity contribution in [1.29, 1.82) is 0 Å². The van der Waals surface area contributed by atoms with E-state index in [1.54, 1.807) is 0 Å². The van der Waals surface area contributed by atoms with Gasteiger partial charge in [-0.25, -0.2) is 0 Å². The number of benzene rings is 2. The molecule has 0 bridgehead atoms. The number of piperidine rings is 1. The summed E-state index contributed by atoms with van der Waals surface area (Å²) in [6.45, 7) is 9.86. The Labute approximate surface area is 207 Å². The van der Waals surface area contributed by atoms with Gasteiger partial charge in [-0.15, -0.1) is 0 Å². The number of aromatic nitrogens is 2. The summed E-state index contributed by atoms with van der Waals surface area (Å²) >= 11 is 6.26. The summed E-state index contributed by atoms with van der Waals surface area (Å²) in [5, 5.41) is 16.2. The van der Waals surface area contributed by atoms with Crippen molar-refractivity contribution in [3.05, 3.63) is 76.1 Å². The number of aryl methyl sites for hydroxylation is 3. The minimum atomic E-state index is -0.867. The van der Waals surface area contributed by atoms with E-state index in [1.165, 1.54) is 5.56 Å². The van der Waals surface area contributed by atoms with Crippen LogP contribution in [0.5, 0.6) is 11.5 Å². The second kappa shape index (κ2) is 10.8. The Balaban J connectivity index is 1.26. The lowest BCUT2D eigenvalue weighted by molar-refractivity contribution is -0.0621. The minimum Gasteiger partial charge on any atom is -0.492 e. The van der Waals surface area contributed by atoms with Crippen LogP contribution in [-0.4, -0.2) is 51.7 Å². The summed E-state index contributed by atoms with van der Waals surface area (Å²) in [5.41, 5.74) is 3.45. The molecule has 1 saturated heterocycles. The molecule has 1 aliphatic heterocycles. The Morgan fingerprint density at radius 2 is 1.79 bits per heavy atom. The Morgan fingerprint density at radius 3 is 2.47 bits per heavy atom. The SMILES string of the molecule is Cc1cnn(CCOc2ccc(CN3CCCC(O)(COc4cc(C)c(Cl)c(C)c4)C3)cc2)c1.